The average molecular weight is 761 g/mol. The number of nitrogens with one attached hydrogen (secondary N) is 1. The number of aryl methyl sites for hydroxylation is 2. The van der Waals surface area contributed by atoms with Crippen molar-refractivity contribution in [1.29, 1.82) is 0 Å². The Bertz CT molecular complexity index is 2420. The minimum atomic E-state index is -1.35. The van der Waals surface area contributed by atoms with Crippen molar-refractivity contribution in [3.05, 3.63) is 116 Å². The van der Waals surface area contributed by atoms with Crippen LogP contribution in [-0.4, -0.2) is 57.9 Å². The molecule has 5 rings (SSSR count). The molecule has 3 aromatic rings. The zero-order valence-electron chi connectivity index (χ0n) is 33.4. The number of hydrogen-bond acceptors (Lipinski definition) is 7. The van der Waals surface area contributed by atoms with Gasteiger partial charge in [0.05, 0.1) is 5.56 Å². The van der Waals surface area contributed by atoms with Crippen molar-refractivity contribution in [1.82, 2.24) is 10.2 Å². The number of imide groups is 1. The van der Waals surface area contributed by atoms with Gasteiger partial charge in [0.2, 0.25) is 0 Å². The topological polar surface area (TPSA) is 160 Å². The van der Waals surface area contributed by atoms with E-state index in [9.17, 15) is 34.2 Å². The summed E-state index contributed by atoms with van der Waals surface area (Å²) in [7, 11) is 0. The van der Waals surface area contributed by atoms with Crippen LogP contribution in [0.3, 0.4) is 0 Å². The first-order valence-corrected chi connectivity index (χ1v) is 18.2. The number of fused-ring (bicyclic) bond motifs is 1. The fourth-order valence-corrected chi connectivity index (χ4v) is 6.74. The van der Waals surface area contributed by atoms with E-state index < -0.39 is 42.7 Å². The van der Waals surface area contributed by atoms with Crippen molar-refractivity contribution in [2.24, 2.45) is 0 Å². The molecule has 1 aliphatic heterocycles. The number of amides is 3. The second-order valence-electron chi connectivity index (χ2n) is 16.3. The van der Waals surface area contributed by atoms with E-state index in [-0.39, 0.29) is 55.9 Å². The van der Waals surface area contributed by atoms with Gasteiger partial charge in [-0.2, -0.15) is 0 Å². The number of aliphatic carboxylic acids is 2. The van der Waals surface area contributed by atoms with Crippen LogP contribution in [0.15, 0.2) is 72.0 Å². The molecule has 0 saturated heterocycles. The van der Waals surface area contributed by atoms with Gasteiger partial charge in [0.25, 0.3) is 17.7 Å². The number of carboxylic acid groups (broad SMARTS) is 2. The molecule has 1 heterocycles. The van der Waals surface area contributed by atoms with Gasteiger partial charge in [-0.25, -0.2) is 0 Å². The number of benzene rings is 3. The van der Waals surface area contributed by atoms with Crippen LogP contribution in [0, 0.1) is 13.8 Å². The summed E-state index contributed by atoms with van der Waals surface area (Å²) < 4.78 is 13.3. The van der Waals surface area contributed by atoms with Crippen LogP contribution in [0.4, 0.5) is 0 Å². The second-order valence-corrected chi connectivity index (χ2v) is 16.3. The fraction of sp³-hybridized carbons (Fsp3) is 0.311. The first-order valence-electron chi connectivity index (χ1n) is 18.2. The summed E-state index contributed by atoms with van der Waals surface area (Å²) in [4.78, 5) is 64.5. The molecule has 0 saturated carbocycles. The molecule has 0 unspecified atom stereocenters. The van der Waals surface area contributed by atoms with E-state index in [1.165, 1.54) is 19.1 Å². The van der Waals surface area contributed by atoms with Gasteiger partial charge >= 0.3 is 11.9 Å². The van der Waals surface area contributed by atoms with E-state index in [4.69, 9.17) is 9.47 Å². The van der Waals surface area contributed by atoms with Crippen LogP contribution < -0.4 is 25.2 Å². The standard InChI is InChI=1S/C45H48N2O9/c1-23-18-31(35(19-30(23)41(52)46-21-37(48)49)55-33-14-12-28(16-24(33)2)44(6,7)8)40-26(4)39-27(5)42(53)47(22-38(50)51)43(54)32(39)20-36(40)56-34-15-13-29(17-25(34)3)45(9,10)11/h12-17,19-20H,1,4,18,21-22H2,2-3,5-11H3,(H,46,52)(H,48,49)(H,50,51). The summed E-state index contributed by atoms with van der Waals surface area (Å²) >= 11 is 0. The Labute approximate surface area is 326 Å². The Hall–Kier alpha value is -6.23. The van der Waals surface area contributed by atoms with Crippen molar-refractivity contribution in [3.8, 4) is 17.2 Å². The van der Waals surface area contributed by atoms with E-state index in [1.807, 2.05) is 50.2 Å². The molecular weight excluding hydrogens is 712 g/mol. The van der Waals surface area contributed by atoms with E-state index in [0.29, 0.717) is 33.1 Å². The van der Waals surface area contributed by atoms with E-state index in [1.54, 1.807) is 0 Å². The third kappa shape index (κ3) is 8.22. The highest BCUT2D eigenvalue weighted by Crippen LogP contribution is 2.41. The third-order valence-electron chi connectivity index (χ3n) is 9.92. The monoisotopic (exact) mass is 760 g/mol. The second kappa shape index (κ2) is 15.1. The highest BCUT2D eigenvalue weighted by molar-refractivity contribution is 6.25. The Balaban J connectivity index is 1.84. The van der Waals surface area contributed by atoms with Gasteiger partial charge in [0.15, 0.2) is 0 Å². The Morgan fingerprint density at radius 3 is 1.84 bits per heavy atom. The molecule has 0 aromatic heterocycles. The molecule has 56 heavy (non-hydrogen) atoms. The highest BCUT2D eigenvalue weighted by Gasteiger charge is 2.35. The minimum Gasteiger partial charge on any atom is -0.480 e. The van der Waals surface area contributed by atoms with E-state index >= 15 is 0 Å². The van der Waals surface area contributed by atoms with Crippen LogP contribution >= 0.6 is 0 Å². The van der Waals surface area contributed by atoms with Crippen LogP contribution in [0.1, 0.15) is 93.1 Å². The molecule has 0 spiro atoms. The summed E-state index contributed by atoms with van der Waals surface area (Å²) in [5.41, 5.74) is 4.89. The molecular formula is C45H48N2O9. The van der Waals surface area contributed by atoms with Crippen molar-refractivity contribution in [3.63, 3.8) is 0 Å². The van der Waals surface area contributed by atoms with Crippen LogP contribution in [-0.2, 0) is 30.0 Å². The smallest absolute Gasteiger partial charge is 0.323 e. The predicted octanol–water partition coefficient (Wildman–Crippen LogP) is 6.22. The summed E-state index contributed by atoms with van der Waals surface area (Å²) in [5, 5.41) is 21.7. The molecule has 3 N–H and O–H groups in total. The maximum absolute atomic E-state index is 13.9. The van der Waals surface area contributed by atoms with E-state index in [2.05, 4.69) is 60.0 Å². The molecule has 3 amide bonds. The molecule has 292 valence electrons. The molecule has 0 fully saturated rings. The zero-order valence-corrected chi connectivity index (χ0v) is 33.4. The van der Waals surface area contributed by atoms with Crippen molar-refractivity contribution in [2.45, 2.75) is 79.6 Å². The molecule has 2 aliphatic rings. The number of carboxylic acids is 2. The van der Waals surface area contributed by atoms with Gasteiger partial charge in [0, 0.05) is 33.9 Å². The highest BCUT2D eigenvalue weighted by atomic mass is 16.5. The maximum Gasteiger partial charge on any atom is 0.323 e. The molecule has 0 radical (unpaired) electrons. The fourth-order valence-electron chi connectivity index (χ4n) is 6.74. The predicted molar refractivity (Wildman–Crippen MR) is 214 cm³/mol. The number of rotatable bonds is 10. The molecule has 1 aliphatic carbocycles. The Morgan fingerprint density at radius 1 is 0.786 bits per heavy atom. The molecule has 11 nitrogen and oxygen atoms in total. The first kappa shape index (κ1) is 40.9. The first-order chi connectivity index (χ1) is 26.0. The van der Waals surface area contributed by atoms with Gasteiger partial charge in [-0.1, -0.05) is 79.0 Å². The van der Waals surface area contributed by atoms with Gasteiger partial charge < -0.3 is 25.0 Å². The molecule has 11 heteroatoms. The maximum atomic E-state index is 13.9. The normalized spacial score (nSPS) is 14.7. The lowest BCUT2D eigenvalue weighted by atomic mass is 9.85. The number of allylic oxidation sites excluding steroid dienone is 2. The lowest BCUT2D eigenvalue weighted by Gasteiger charge is -2.28. The van der Waals surface area contributed by atoms with Crippen LogP contribution in [0.5, 0.6) is 17.2 Å². The van der Waals surface area contributed by atoms with Gasteiger partial charge in [0.1, 0.15) is 36.1 Å². The van der Waals surface area contributed by atoms with Crippen molar-refractivity contribution < 1.29 is 43.7 Å². The summed E-state index contributed by atoms with van der Waals surface area (Å²) in [6.45, 7) is 25.0. The molecule has 0 bridgehead atoms. The van der Waals surface area contributed by atoms with Crippen LogP contribution in [0.2, 0.25) is 0 Å². The zero-order chi connectivity index (χ0) is 41.6. The summed E-state index contributed by atoms with van der Waals surface area (Å²) in [5.74, 6) is -3.49. The average Bonchev–Trinajstić information content (AvgIpc) is 3.09. The Kier molecular flexibility index (Phi) is 11.1. The minimum absolute atomic E-state index is 0.00642. The molecule has 0 atom stereocenters. The van der Waals surface area contributed by atoms with Gasteiger partial charge in [-0.3, -0.25) is 28.9 Å². The van der Waals surface area contributed by atoms with Crippen molar-refractivity contribution in [2.75, 3.05) is 13.1 Å². The Morgan fingerprint density at radius 2 is 1.34 bits per heavy atom. The number of hydrogen-bond donors (Lipinski definition) is 3. The number of carbonyl (C=O) groups is 5. The van der Waals surface area contributed by atoms with E-state index in [0.717, 1.165) is 22.3 Å². The lowest BCUT2D eigenvalue weighted by Crippen LogP contribution is -2.51. The summed E-state index contributed by atoms with van der Waals surface area (Å²) in [6, 6.07) is 13.1. The third-order valence-corrected chi connectivity index (χ3v) is 9.92. The molecule has 3 aromatic carbocycles. The van der Waals surface area contributed by atoms with Crippen molar-refractivity contribution >= 4 is 47.4 Å². The largest absolute Gasteiger partial charge is 0.480 e. The van der Waals surface area contributed by atoms with Gasteiger partial charge in [-0.05, 0) is 88.9 Å². The lowest BCUT2D eigenvalue weighted by molar-refractivity contribution is -0.141. The number of nitrogens with zero attached hydrogens (tertiary/aromatic N) is 1. The number of ether oxygens (including phenoxy) is 2. The quantitative estimate of drug-likeness (QED) is 0.204. The number of carbonyl (C=O) groups excluding carboxylic acids is 3. The van der Waals surface area contributed by atoms with Gasteiger partial charge in [-0.15, -0.1) is 0 Å². The van der Waals surface area contributed by atoms with Crippen LogP contribution in [0.25, 0.3) is 17.7 Å². The summed E-state index contributed by atoms with van der Waals surface area (Å²) in [6.07, 6.45) is 1.50. The SMILES string of the molecule is C=C1CC(c2c(Oc3ccc(C(C)(C)C)cc3C)cc3c(c2=C)=C(C)C(=O)N(CC(=O)O)C3=O)=C(Oc2ccc(C(C)(C)C)cc2C)C=C1C(=O)NCC(=O)O.